The Morgan fingerprint density at radius 2 is 2.12 bits per heavy atom. The van der Waals surface area contributed by atoms with Crippen molar-refractivity contribution in [3.63, 3.8) is 0 Å². The SMILES string of the molecule is CN=C(NCc1cccs1)NCC1CCN(S(=O)(=O)C(F)F)CC1. The number of nitrogens with zero attached hydrogens (tertiary/aromatic N) is 2. The van der Waals surface area contributed by atoms with E-state index >= 15 is 0 Å². The van der Waals surface area contributed by atoms with Crippen LogP contribution in [0, 0.1) is 5.92 Å². The van der Waals surface area contributed by atoms with Crippen LogP contribution >= 0.6 is 11.3 Å². The van der Waals surface area contributed by atoms with Crippen molar-refractivity contribution in [2.24, 2.45) is 10.9 Å². The monoisotopic (exact) mass is 380 g/mol. The van der Waals surface area contributed by atoms with Gasteiger partial charge in [0.05, 0.1) is 6.54 Å². The summed E-state index contributed by atoms with van der Waals surface area (Å²) in [5.41, 5.74) is 0. The van der Waals surface area contributed by atoms with Gasteiger partial charge in [-0.2, -0.15) is 13.1 Å². The number of sulfonamides is 1. The minimum Gasteiger partial charge on any atom is -0.356 e. The van der Waals surface area contributed by atoms with E-state index in [0.29, 0.717) is 31.9 Å². The van der Waals surface area contributed by atoms with Crippen molar-refractivity contribution in [2.45, 2.75) is 25.1 Å². The van der Waals surface area contributed by atoms with E-state index in [9.17, 15) is 17.2 Å². The number of guanidine groups is 1. The molecule has 0 aliphatic carbocycles. The van der Waals surface area contributed by atoms with Gasteiger partial charge in [-0.15, -0.1) is 11.3 Å². The molecule has 0 aromatic carbocycles. The number of halogens is 2. The summed E-state index contributed by atoms with van der Waals surface area (Å²) in [5.74, 6) is -2.44. The van der Waals surface area contributed by atoms with Crippen LogP contribution in [0.15, 0.2) is 22.5 Å². The van der Waals surface area contributed by atoms with Gasteiger partial charge >= 0.3 is 5.76 Å². The van der Waals surface area contributed by atoms with Gasteiger partial charge in [0, 0.05) is 31.6 Å². The second-order valence-electron chi connectivity index (χ2n) is 5.53. The first-order chi connectivity index (χ1) is 11.4. The van der Waals surface area contributed by atoms with Crippen molar-refractivity contribution in [3.8, 4) is 0 Å². The number of thiophene rings is 1. The molecule has 24 heavy (non-hydrogen) atoms. The van der Waals surface area contributed by atoms with Gasteiger partial charge in [-0.3, -0.25) is 4.99 Å². The van der Waals surface area contributed by atoms with Crippen LogP contribution in [0.3, 0.4) is 0 Å². The molecule has 2 N–H and O–H groups in total. The topological polar surface area (TPSA) is 73.8 Å². The Kier molecular flexibility index (Phi) is 6.93. The first kappa shape index (κ1) is 19.1. The Morgan fingerprint density at radius 3 is 2.67 bits per heavy atom. The Hall–Kier alpha value is -1.26. The predicted octanol–water partition coefficient (Wildman–Crippen LogP) is 1.68. The van der Waals surface area contributed by atoms with Crippen LogP contribution in [0.4, 0.5) is 8.78 Å². The molecule has 1 aliphatic rings. The Morgan fingerprint density at radius 1 is 1.42 bits per heavy atom. The number of aliphatic imine (C=N–C) groups is 1. The number of piperidine rings is 1. The fourth-order valence-electron chi connectivity index (χ4n) is 2.53. The molecule has 10 heteroatoms. The highest BCUT2D eigenvalue weighted by Crippen LogP contribution is 2.22. The van der Waals surface area contributed by atoms with Crippen LogP contribution < -0.4 is 10.6 Å². The average Bonchev–Trinajstić information content (AvgIpc) is 3.08. The molecule has 1 aliphatic heterocycles. The lowest BCUT2D eigenvalue weighted by molar-refractivity contribution is 0.204. The van der Waals surface area contributed by atoms with E-state index in [1.165, 1.54) is 4.88 Å². The third kappa shape index (κ3) is 5.12. The molecule has 1 aromatic heterocycles. The summed E-state index contributed by atoms with van der Waals surface area (Å²) in [6.45, 7) is 1.59. The highest BCUT2D eigenvalue weighted by molar-refractivity contribution is 7.89. The molecule has 0 unspecified atom stereocenters. The molecule has 136 valence electrons. The average molecular weight is 380 g/mol. The number of hydrogen-bond donors (Lipinski definition) is 2. The molecule has 0 saturated carbocycles. The van der Waals surface area contributed by atoms with Gasteiger partial charge in [-0.05, 0) is 30.2 Å². The zero-order chi connectivity index (χ0) is 17.6. The molecule has 0 atom stereocenters. The fourth-order valence-corrected chi connectivity index (χ4v) is 4.12. The normalized spacial score (nSPS) is 18.1. The maximum Gasteiger partial charge on any atom is 0.350 e. The second-order valence-corrected chi connectivity index (χ2v) is 8.47. The van der Waals surface area contributed by atoms with Crippen molar-refractivity contribution in [2.75, 3.05) is 26.7 Å². The maximum atomic E-state index is 12.5. The van der Waals surface area contributed by atoms with E-state index in [-0.39, 0.29) is 19.0 Å². The summed E-state index contributed by atoms with van der Waals surface area (Å²) in [5, 5.41) is 8.42. The summed E-state index contributed by atoms with van der Waals surface area (Å²) < 4.78 is 48.8. The fraction of sp³-hybridized carbons (Fsp3) is 0.643. The van der Waals surface area contributed by atoms with Crippen molar-refractivity contribution in [3.05, 3.63) is 22.4 Å². The highest BCUT2D eigenvalue weighted by atomic mass is 32.2. The van der Waals surface area contributed by atoms with Gasteiger partial charge in [0.2, 0.25) is 0 Å². The largest absolute Gasteiger partial charge is 0.356 e. The zero-order valence-corrected chi connectivity index (χ0v) is 15.0. The van der Waals surface area contributed by atoms with E-state index in [0.717, 1.165) is 4.31 Å². The molecule has 1 fully saturated rings. The molecule has 0 amide bonds. The smallest absolute Gasteiger partial charge is 0.350 e. The summed E-state index contributed by atoms with van der Waals surface area (Å²) in [6.07, 6.45) is 1.11. The lowest BCUT2D eigenvalue weighted by Crippen LogP contribution is -2.45. The standard InChI is InChI=1S/C14H22F2N4O2S2/c1-17-14(19-10-12-3-2-8-23-12)18-9-11-4-6-20(7-5-11)24(21,22)13(15)16/h2-3,8,11,13H,4-7,9-10H2,1H3,(H2,17,18,19). The quantitative estimate of drug-likeness (QED) is 0.582. The second kappa shape index (κ2) is 8.72. The van der Waals surface area contributed by atoms with Crippen molar-refractivity contribution in [1.82, 2.24) is 14.9 Å². The van der Waals surface area contributed by atoms with Crippen molar-refractivity contribution < 1.29 is 17.2 Å². The van der Waals surface area contributed by atoms with Crippen LogP contribution in [0.1, 0.15) is 17.7 Å². The van der Waals surface area contributed by atoms with E-state index in [1.807, 2.05) is 17.5 Å². The van der Waals surface area contributed by atoms with Gasteiger partial charge in [0.15, 0.2) is 5.96 Å². The lowest BCUT2D eigenvalue weighted by Gasteiger charge is -2.31. The van der Waals surface area contributed by atoms with Gasteiger partial charge in [0.1, 0.15) is 0 Å². The summed E-state index contributed by atoms with van der Waals surface area (Å²) in [7, 11) is -2.77. The first-order valence-electron chi connectivity index (χ1n) is 7.67. The number of rotatable bonds is 6. The zero-order valence-electron chi connectivity index (χ0n) is 13.4. The summed E-state index contributed by atoms with van der Waals surface area (Å²) in [6, 6.07) is 4.02. The van der Waals surface area contributed by atoms with E-state index in [1.54, 1.807) is 18.4 Å². The Balaban J connectivity index is 1.73. The summed E-state index contributed by atoms with van der Waals surface area (Å²) >= 11 is 1.66. The molecule has 2 rings (SSSR count). The summed E-state index contributed by atoms with van der Waals surface area (Å²) in [4.78, 5) is 5.34. The third-order valence-corrected chi connectivity index (χ3v) is 6.36. The lowest BCUT2D eigenvalue weighted by atomic mass is 9.98. The maximum absolute atomic E-state index is 12.5. The van der Waals surface area contributed by atoms with Crippen LogP contribution in [0.2, 0.25) is 0 Å². The Bertz CT molecular complexity index is 627. The molecule has 1 saturated heterocycles. The molecular weight excluding hydrogens is 358 g/mol. The van der Waals surface area contributed by atoms with Crippen LogP contribution in [0.5, 0.6) is 0 Å². The molecule has 0 bridgehead atoms. The van der Waals surface area contributed by atoms with Crippen LogP contribution in [0.25, 0.3) is 0 Å². The first-order valence-corrected chi connectivity index (χ1v) is 10.1. The molecule has 0 spiro atoms. The van der Waals surface area contributed by atoms with E-state index in [2.05, 4.69) is 15.6 Å². The van der Waals surface area contributed by atoms with Crippen molar-refractivity contribution in [1.29, 1.82) is 0 Å². The molecular formula is C14H22F2N4O2S2. The predicted molar refractivity (Wildman–Crippen MR) is 91.7 cm³/mol. The number of nitrogens with one attached hydrogen (secondary N) is 2. The molecule has 0 radical (unpaired) electrons. The third-order valence-electron chi connectivity index (χ3n) is 3.95. The highest BCUT2D eigenvalue weighted by Gasteiger charge is 2.34. The molecule has 6 nitrogen and oxygen atoms in total. The van der Waals surface area contributed by atoms with E-state index in [4.69, 9.17) is 0 Å². The van der Waals surface area contributed by atoms with Gasteiger partial charge < -0.3 is 10.6 Å². The minimum atomic E-state index is -4.45. The van der Waals surface area contributed by atoms with Crippen molar-refractivity contribution >= 4 is 27.3 Å². The van der Waals surface area contributed by atoms with Gasteiger partial charge in [-0.1, -0.05) is 6.07 Å². The van der Waals surface area contributed by atoms with Crippen LogP contribution in [-0.2, 0) is 16.6 Å². The number of alkyl halides is 2. The minimum absolute atomic E-state index is 0.139. The van der Waals surface area contributed by atoms with Gasteiger partial charge in [0.25, 0.3) is 10.0 Å². The van der Waals surface area contributed by atoms with E-state index < -0.39 is 15.8 Å². The number of hydrogen-bond acceptors (Lipinski definition) is 4. The molecule has 2 heterocycles. The Labute approximate surface area is 145 Å². The molecule has 1 aromatic rings. The van der Waals surface area contributed by atoms with Gasteiger partial charge in [-0.25, -0.2) is 8.42 Å². The van der Waals surface area contributed by atoms with Crippen LogP contribution in [-0.4, -0.2) is 51.1 Å².